The Labute approximate surface area is 118 Å². The van der Waals surface area contributed by atoms with Crippen LogP contribution in [0.1, 0.15) is 11.1 Å². The molecule has 8 heteroatoms. The van der Waals surface area contributed by atoms with Gasteiger partial charge in [0, 0.05) is 13.6 Å². The third-order valence-corrected chi connectivity index (χ3v) is 2.68. The number of nitrogens with zero attached hydrogens (tertiary/aromatic N) is 2. The van der Waals surface area contributed by atoms with Crippen LogP contribution in [0.2, 0.25) is 0 Å². The Morgan fingerprint density at radius 3 is 2.67 bits per heavy atom. The molecule has 0 aliphatic rings. The zero-order valence-corrected chi connectivity index (χ0v) is 11.0. The molecule has 0 aliphatic carbocycles. The Kier molecular flexibility index (Phi) is 4.25. The molecule has 1 aromatic carbocycles. The summed E-state index contributed by atoms with van der Waals surface area (Å²) < 4.78 is 51.2. The quantitative estimate of drug-likeness (QED) is 0.851. The van der Waals surface area contributed by atoms with Crippen LogP contribution in [0.5, 0.6) is 0 Å². The van der Waals surface area contributed by atoms with Crippen molar-refractivity contribution in [2.45, 2.75) is 12.7 Å². The highest BCUT2D eigenvalue weighted by Crippen LogP contribution is 2.29. The zero-order valence-electron chi connectivity index (χ0n) is 11.0. The number of rotatable bonds is 4. The number of benzene rings is 1. The van der Waals surface area contributed by atoms with Crippen molar-refractivity contribution in [2.75, 3.05) is 17.7 Å². The lowest BCUT2D eigenvalue weighted by Gasteiger charge is -2.10. The predicted molar refractivity (Wildman–Crippen MR) is 70.3 cm³/mol. The van der Waals surface area contributed by atoms with Gasteiger partial charge in [-0.2, -0.15) is 18.2 Å². The molecule has 0 saturated carbocycles. The fourth-order valence-corrected chi connectivity index (χ4v) is 1.65. The first kappa shape index (κ1) is 15.0. The van der Waals surface area contributed by atoms with Crippen LogP contribution in [-0.2, 0) is 12.7 Å². The van der Waals surface area contributed by atoms with Crippen molar-refractivity contribution < 1.29 is 17.6 Å². The molecule has 2 aromatic rings. The minimum Gasteiger partial charge on any atom is -0.363 e. The summed E-state index contributed by atoms with van der Waals surface area (Å²) >= 11 is 0. The number of hydrogen-bond donors (Lipinski definition) is 2. The number of alkyl halides is 3. The molecule has 0 unspecified atom stereocenters. The van der Waals surface area contributed by atoms with Gasteiger partial charge in [-0.05, 0) is 17.7 Å². The van der Waals surface area contributed by atoms with Crippen molar-refractivity contribution in [3.63, 3.8) is 0 Å². The maximum Gasteiger partial charge on any atom is 0.416 e. The Bertz CT molecular complexity index is 628. The second kappa shape index (κ2) is 5.94. The molecule has 2 rings (SSSR count). The van der Waals surface area contributed by atoms with Gasteiger partial charge in [0.25, 0.3) is 0 Å². The molecular weight excluding hydrogens is 288 g/mol. The molecule has 0 saturated heterocycles. The van der Waals surface area contributed by atoms with Crippen LogP contribution >= 0.6 is 0 Å². The molecule has 0 radical (unpaired) electrons. The number of nitrogens with one attached hydrogen (secondary N) is 2. The average molecular weight is 300 g/mol. The van der Waals surface area contributed by atoms with E-state index in [1.54, 1.807) is 7.05 Å². The molecule has 0 amide bonds. The van der Waals surface area contributed by atoms with E-state index in [1.165, 1.54) is 12.1 Å². The maximum atomic E-state index is 13.5. The van der Waals surface area contributed by atoms with Crippen LogP contribution in [0.4, 0.5) is 29.3 Å². The number of aromatic nitrogens is 2. The number of halogens is 4. The monoisotopic (exact) mass is 300 g/mol. The summed E-state index contributed by atoms with van der Waals surface area (Å²) in [4.78, 5) is 7.52. The fraction of sp³-hybridized carbons (Fsp3) is 0.231. The third-order valence-electron chi connectivity index (χ3n) is 2.68. The third kappa shape index (κ3) is 3.80. The lowest BCUT2D eigenvalue weighted by atomic mass is 10.1. The first-order valence-corrected chi connectivity index (χ1v) is 6.00. The van der Waals surface area contributed by atoms with E-state index in [2.05, 4.69) is 20.6 Å². The van der Waals surface area contributed by atoms with Crippen LogP contribution in [0.3, 0.4) is 0 Å². The molecule has 112 valence electrons. The Morgan fingerprint density at radius 1 is 1.24 bits per heavy atom. The summed E-state index contributed by atoms with van der Waals surface area (Å²) in [6, 6.07) is 4.80. The average Bonchev–Trinajstić information content (AvgIpc) is 2.46. The summed E-state index contributed by atoms with van der Waals surface area (Å²) in [5.74, 6) is -0.546. The largest absolute Gasteiger partial charge is 0.416 e. The van der Waals surface area contributed by atoms with Gasteiger partial charge in [-0.3, -0.25) is 0 Å². The Hall–Kier alpha value is -2.38. The highest BCUT2D eigenvalue weighted by Gasteiger charge is 2.30. The molecule has 0 aliphatic heterocycles. The molecular formula is C13H12F4N4. The Balaban J connectivity index is 2.13. The van der Waals surface area contributed by atoms with Crippen LogP contribution in [0.25, 0.3) is 0 Å². The van der Waals surface area contributed by atoms with Gasteiger partial charge in [0.15, 0.2) is 11.6 Å². The van der Waals surface area contributed by atoms with Gasteiger partial charge in [-0.25, -0.2) is 9.37 Å². The van der Waals surface area contributed by atoms with Crippen LogP contribution in [-0.4, -0.2) is 17.0 Å². The van der Waals surface area contributed by atoms with Gasteiger partial charge in [-0.1, -0.05) is 12.1 Å². The number of anilines is 2. The van der Waals surface area contributed by atoms with Gasteiger partial charge in [0.2, 0.25) is 5.95 Å². The van der Waals surface area contributed by atoms with Crippen molar-refractivity contribution in [1.29, 1.82) is 0 Å². The zero-order chi connectivity index (χ0) is 15.5. The van der Waals surface area contributed by atoms with E-state index in [-0.39, 0.29) is 18.3 Å². The van der Waals surface area contributed by atoms with Gasteiger partial charge in [0.1, 0.15) is 0 Å². The van der Waals surface area contributed by atoms with Gasteiger partial charge >= 0.3 is 6.18 Å². The van der Waals surface area contributed by atoms with E-state index in [4.69, 9.17) is 0 Å². The van der Waals surface area contributed by atoms with E-state index in [9.17, 15) is 17.6 Å². The molecule has 2 N–H and O–H groups in total. The lowest BCUT2D eigenvalue weighted by molar-refractivity contribution is -0.137. The van der Waals surface area contributed by atoms with Crippen LogP contribution in [0.15, 0.2) is 30.5 Å². The van der Waals surface area contributed by atoms with E-state index >= 15 is 0 Å². The minimum absolute atomic E-state index is 0.0149. The van der Waals surface area contributed by atoms with Crippen molar-refractivity contribution in [3.8, 4) is 0 Å². The summed E-state index contributed by atoms with van der Waals surface area (Å²) in [6.45, 7) is 0.0149. The maximum absolute atomic E-state index is 13.5. The lowest BCUT2D eigenvalue weighted by Crippen LogP contribution is -2.09. The van der Waals surface area contributed by atoms with E-state index in [0.717, 1.165) is 18.3 Å². The molecule has 0 atom stereocenters. The van der Waals surface area contributed by atoms with E-state index in [0.29, 0.717) is 5.56 Å². The standard InChI is InChI=1S/C13H12F4N4/c1-18-12-20-7-10(14)11(21-12)19-6-8-3-2-4-9(5-8)13(15,16)17/h2-5,7H,6H2,1H3,(H2,18,19,20,21). The molecule has 0 spiro atoms. The number of hydrogen-bond acceptors (Lipinski definition) is 4. The molecule has 0 fully saturated rings. The normalized spacial score (nSPS) is 11.3. The summed E-state index contributed by atoms with van der Waals surface area (Å²) in [7, 11) is 1.57. The molecule has 1 heterocycles. The summed E-state index contributed by atoms with van der Waals surface area (Å²) in [5.41, 5.74) is -0.380. The SMILES string of the molecule is CNc1ncc(F)c(NCc2cccc(C(F)(F)F)c2)n1. The second-order valence-corrected chi connectivity index (χ2v) is 4.19. The summed E-state index contributed by atoms with van der Waals surface area (Å²) in [5, 5.41) is 5.29. The van der Waals surface area contributed by atoms with Crippen molar-refractivity contribution >= 4 is 11.8 Å². The molecule has 1 aromatic heterocycles. The first-order chi connectivity index (χ1) is 9.90. The van der Waals surface area contributed by atoms with Crippen molar-refractivity contribution in [1.82, 2.24) is 9.97 Å². The minimum atomic E-state index is -4.41. The van der Waals surface area contributed by atoms with Gasteiger partial charge in [0.05, 0.1) is 11.8 Å². The van der Waals surface area contributed by atoms with Gasteiger partial charge < -0.3 is 10.6 Å². The van der Waals surface area contributed by atoms with Crippen molar-refractivity contribution in [3.05, 3.63) is 47.4 Å². The molecule has 4 nitrogen and oxygen atoms in total. The highest BCUT2D eigenvalue weighted by atomic mass is 19.4. The second-order valence-electron chi connectivity index (χ2n) is 4.19. The highest BCUT2D eigenvalue weighted by molar-refractivity contribution is 5.41. The summed E-state index contributed by atoms with van der Waals surface area (Å²) in [6.07, 6.45) is -3.43. The first-order valence-electron chi connectivity index (χ1n) is 6.00. The Morgan fingerprint density at radius 2 is 2.00 bits per heavy atom. The molecule has 0 bridgehead atoms. The van der Waals surface area contributed by atoms with E-state index < -0.39 is 17.6 Å². The molecule has 21 heavy (non-hydrogen) atoms. The fourth-order valence-electron chi connectivity index (χ4n) is 1.65. The van der Waals surface area contributed by atoms with Crippen LogP contribution < -0.4 is 10.6 Å². The smallest absolute Gasteiger partial charge is 0.363 e. The predicted octanol–water partition coefficient (Wildman–Crippen LogP) is 3.29. The van der Waals surface area contributed by atoms with E-state index in [1.807, 2.05) is 0 Å². The topological polar surface area (TPSA) is 49.8 Å². The van der Waals surface area contributed by atoms with Gasteiger partial charge in [-0.15, -0.1) is 0 Å². The van der Waals surface area contributed by atoms with Crippen molar-refractivity contribution in [2.24, 2.45) is 0 Å². The van der Waals surface area contributed by atoms with Crippen LogP contribution in [0, 0.1) is 5.82 Å².